The number of aliphatic hydroxyl groups excluding tert-OH is 1. The van der Waals surface area contributed by atoms with Crippen LogP contribution in [0.1, 0.15) is 42.7 Å². The molecule has 0 radical (unpaired) electrons. The average molecular weight is 314 g/mol. The lowest BCUT2D eigenvalue weighted by atomic mass is 9.86. The maximum Gasteiger partial charge on any atom is 0.0967 e. The molecule has 1 aliphatic heterocycles. The van der Waals surface area contributed by atoms with Gasteiger partial charge >= 0.3 is 0 Å². The molecule has 1 aromatic carbocycles. The van der Waals surface area contributed by atoms with E-state index in [9.17, 15) is 5.11 Å². The van der Waals surface area contributed by atoms with E-state index in [0.29, 0.717) is 5.92 Å². The Morgan fingerprint density at radius 1 is 1.26 bits per heavy atom. The van der Waals surface area contributed by atoms with Gasteiger partial charge in [-0.2, -0.15) is 15.0 Å². The fourth-order valence-electron chi connectivity index (χ4n) is 3.39. The Kier molecular flexibility index (Phi) is 5.08. The second kappa shape index (κ2) is 7.23. The molecule has 1 atom stereocenters. The first-order valence-electron chi connectivity index (χ1n) is 8.52. The average Bonchev–Trinajstić information content (AvgIpc) is 3.03. The molecular weight excluding hydrogens is 288 g/mol. The number of piperidine rings is 1. The molecule has 0 amide bonds. The van der Waals surface area contributed by atoms with Crippen LogP contribution in [0.5, 0.6) is 0 Å². The van der Waals surface area contributed by atoms with Gasteiger partial charge in [-0.3, -0.25) is 4.90 Å². The highest BCUT2D eigenvalue weighted by Crippen LogP contribution is 2.32. The molecule has 23 heavy (non-hydrogen) atoms. The van der Waals surface area contributed by atoms with Gasteiger partial charge in [0.05, 0.1) is 24.5 Å². The van der Waals surface area contributed by atoms with Gasteiger partial charge in [-0.15, -0.1) is 0 Å². The molecule has 1 unspecified atom stereocenters. The molecule has 3 rings (SSSR count). The molecule has 124 valence electrons. The molecule has 0 spiro atoms. The highest BCUT2D eigenvalue weighted by Gasteiger charge is 2.27. The lowest BCUT2D eigenvalue weighted by Gasteiger charge is -2.34. The minimum atomic E-state index is -0.348. The minimum Gasteiger partial charge on any atom is -0.388 e. The Morgan fingerprint density at radius 2 is 2.00 bits per heavy atom. The SMILES string of the molecule is CCn1ncc(CN2CCC(C(O)c3ccccc3C)CC2)n1. The van der Waals surface area contributed by atoms with Crippen LogP contribution in [-0.4, -0.2) is 38.1 Å². The fraction of sp³-hybridized carbons (Fsp3) is 0.556. The maximum absolute atomic E-state index is 10.7. The second-order valence-corrected chi connectivity index (χ2v) is 6.44. The van der Waals surface area contributed by atoms with E-state index in [1.54, 1.807) is 4.80 Å². The summed E-state index contributed by atoms with van der Waals surface area (Å²) in [6.45, 7) is 7.80. The lowest BCUT2D eigenvalue weighted by Crippen LogP contribution is -2.35. The first-order chi connectivity index (χ1) is 11.2. The van der Waals surface area contributed by atoms with Gasteiger partial charge in [-0.1, -0.05) is 24.3 Å². The van der Waals surface area contributed by atoms with Crippen molar-refractivity contribution in [2.45, 2.75) is 45.9 Å². The van der Waals surface area contributed by atoms with Gasteiger partial charge in [-0.05, 0) is 56.8 Å². The summed E-state index contributed by atoms with van der Waals surface area (Å²) in [6.07, 6.45) is 3.56. The summed E-state index contributed by atoms with van der Waals surface area (Å²) in [6, 6.07) is 8.16. The summed E-state index contributed by atoms with van der Waals surface area (Å²) in [5, 5.41) is 19.4. The van der Waals surface area contributed by atoms with Crippen LogP contribution < -0.4 is 0 Å². The van der Waals surface area contributed by atoms with Crippen LogP contribution in [0.4, 0.5) is 0 Å². The number of rotatable bonds is 5. The van der Waals surface area contributed by atoms with Crippen molar-refractivity contribution in [2.75, 3.05) is 13.1 Å². The Labute approximate surface area is 137 Å². The quantitative estimate of drug-likeness (QED) is 0.921. The van der Waals surface area contributed by atoms with Crippen LogP contribution >= 0.6 is 0 Å². The van der Waals surface area contributed by atoms with Crippen molar-refractivity contribution >= 4 is 0 Å². The van der Waals surface area contributed by atoms with E-state index >= 15 is 0 Å². The maximum atomic E-state index is 10.7. The molecule has 1 saturated heterocycles. The molecule has 1 aromatic heterocycles. The van der Waals surface area contributed by atoms with Gasteiger partial charge in [0, 0.05) is 6.54 Å². The number of benzene rings is 1. The number of likely N-dealkylation sites (tertiary alicyclic amines) is 1. The zero-order valence-electron chi connectivity index (χ0n) is 14.0. The largest absolute Gasteiger partial charge is 0.388 e. The minimum absolute atomic E-state index is 0.346. The number of aliphatic hydroxyl groups is 1. The predicted octanol–water partition coefficient (Wildman–Crippen LogP) is 2.55. The summed E-state index contributed by atoms with van der Waals surface area (Å²) >= 11 is 0. The third kappa shape index (κ3) is 3.79. The Bertz CT molecular complexity index is 631. The van der Waals surface area contributed by atoms with Crippen molar-refractivity contribution in [3.05, 3.63) is 47.3 Å². The van der Waals surface area contributed by atoms with Gasteiger partial charge in [0.1, 0.15) is 0 Å². The molecule has 0 aliphatic carbocycles. The number of hydrogen-bond acceptors (Lipinski definition) is 4. The molecule has 1 aliphatic rings. The van der Waals surface area contributed by atoms with Crippen LogP contribution in [0.25, 0.3) is 0 Å². The van der Waals surface area contributed by atoms with Crippen molar-refractivity contribution in [1.82, 2.24) is 19.9 Å². The highest BCUT2D eigenvalue weighted by molar-refractivity contribution is 5.28. The van der Waals surface area contributed by atoms with Gasteiger partial charge in [-0.25, -0.2) is 0 Å². The van der Waals surface area contributed by atoms with Gasteiger partial charge < -0.3 is 5.11 Å². The van der Waals surface area contributed by atoms with E-state index in [4.69, 9.17) is 0 Å². The summed E-state index contributed by atoms with van der Waals surface area (Å²) in [4.78, 5) is 4.13. The molecule has 1 N–H and O–H groups in total. The number of hydrogen-bond donors (Lipinski definition) is 1. The molecule has 0 saturated carbocycles. The van der Waals surface area contributed by atoms with Crippen molar-refractivity contribution in [2.24, 2.45) is 5.92 Å². The van der Waals surface area contributed by atoms with E-state index in [1.807, 2.05) is 25.3 Å². The van der Waals surface area contributed by atoms with Crippen LogP contribution in [0, 0.1) is 12.8 Å². The molecule has 2 aromatic rings. The van der Waals surface area contributed by atoms with Crippen LogP contribution in [-0.2, 0) is 13.1 Å². The van der Waals surface area contributed by atoms with Crippen molar-refractivity contribution in [1.29, 1.82) is 0 Å². The number of aryl methyl sites for hydroxylation is 2. The summed E-state index contributed by atoms with van der Waals surface area (Å²) in [7, 11) is 0. The third-order valence-electron chi connectivity index (χ3n) is 4.84. The molecule has 5 heteroatoms. The van der Waals surface area contributed by atoms with Gasteiger partial charge in [0.15, 0.2) is 0 Å². The predicted molar refractivity (Wildman–Crippen MR) is 89.8 cm³/mol. The van der Waals surface area contributed by atoms with Gasteiger partial charge in [0.25, 0.3) is 0 Å². The smallest absolute Gasteiger partial charge is 0.0967 e. The first kappa shape index (κ1) is 16.1. The van der Waals surface area contributed by atoms with Crippen molar-refractivity contribution in [3.63, 3.8) is 0 Å². The van der Waals surface area contributed by atoms with E-state index < -0.39 is 0 Å². The summed E-state index contributed by atoms with van der Waals surface area (Å²) < 4.78 is 0. The molecular formula is C18H26N4O. The van der Waals surface area contributed by atoms with Gasteiger partial charge in [0.2, 0.25) is 0 Å². The van der Waals surface area contributed by atoms with E-state index in [-0.39, 0.29) is 6.10 Å². The van der Waals surface area contributed by atoms with E-state index in [0.717, 1.165) is 50.3 Å². The summed E-state index contributed by atoms with van der Waals surface area (Å²) in [5.74, 6) is 0.346. The van der Waals surface area contributed by atoms with Crippen LogP contribution in [0.3, 0.4) is 0 Å². The first-order valence-corrected chi connectivity index (χ1v) is 8.52. The molecule has 0 bridgehead atoms. The monoisotopic (exact) mass is 314 g/mol. The number of nitrogens with zero attached hydrogens (tertiary/aromatic N) is 4. The molecule has 2 heterocycles. The molecule has 1 fully saturated rings. The topological polar surface area (TPSA) is 54.2 Å². The van der Waals surface area contributed by atoms with Crippen LogP contribution in [0.2, 0.25) is 0 Å². The zero-order chi connectivity index (χ0) is 16.2. The van der Waals surface area contributed by atoms with E-state index in [1.165, 1.54) is 5.56 Å². The van der Waals surface area contributed by atoms with Crippen molar-refractivity contribution in [3.8, 4) is 0 Å². The van der Waals surface area contributed by atoms with Crippen molar-refractivity contribution < 1.29 is 5.11 Å². The Morgan fingerprint density at radius 3 is 2.65 bits per heavy atom. The highest BCUT2D eigenvalue weighted by atomic mass is 16.3. The fourth-order valence-corrected chi connectivity index (χ4v) is 3.39. The van der Waals surface area contributed by atoms with E-state index in [2.05, 4.69) is 34.2 Å². The summed E-state index contributed by atoms with van der Waals surface area (Å²) in [5.41, 5.74) is 3.29. The normalized spacial score (nSPS) is 18.2. The Balaban J connectivity index is 1.55. The van der Waals surface area contributed by atoms with Crippen LogP contribution in [0.15, 0.2) is 30.5 Å². The Hall–Kier alpha value is -1.72. The third-order valence-corrected chi connectivity index (χ3v) is 4.84. The lowest BCUT2D eigenvalue weighted by molar-refractivity contribution is 0.0560. The standard InChI is InChI=1S/C18H26N4O/c1-3-22-19-12-16(20-22)13-21-10-8-15(9-11-21)18(23)17-7-5-4-6-14(17)2/h4-7,12,15,18,23H,3,8-11,13H2,1-2H3. The second-order valence-electron chi connectivity index (χ2n) is 6.44. The molecule has 5 nitrogen and oxygen atoms in total. The zero-order valence-corrected chi connectivity index (χ0v) is 14.0. The number of aromatic nitrogens is 3.